The Morgan fingerprint density at radius 3 is 2.95 bits per heavy atom. The lowest BCUT2D eigenvalue weighted by atomic mass is 10.2. The number of nitriles is 1. The van der Waals surface area contributed by atoms with Gasteiger partial charge in [-0.3, -0.25) is 15.6 Å². The molecule has 106 valence electrons. The molecular formula is C13H13N7O. The van der Waals surface area contributed by atoms with Crippen LogP contribution in [0.4, 0.5) is 11.4 Å². The summed E-state index contributed by atoms with van der Waals surface area (Å²) in [5.74, 6) is -0.522. The van der Waals surface area contributed by atoms with Crippen LogP contribution in [0.15, 0.2) is 34.5 Å². The highest BCUT2D eigenvalue weighted by Gasteiger charge is 2.22. The Morgan fingerprint density at radius 1 is 1.62 bits per heavy atom. The molecule has 0 saturated carbocycles. The van der Waals surface area contributed by atoms with E-state index in [0.29, 0.717) is 17.8 Å². The van der Waals surface area contributed by atoms with Crippen LogP contribution in [-0.2, 0) is 4.79 Å². The lowest BCUT2D eigenvalue weighted by Crippen LogP contribution is -2.22. The maximum Gasteiger partial charge on any atom is 0.253 e. The molecule has 0 fully saturated rings. The van der Waals surface area contributed by atoms with Gasteiger partial charge in [0.05, 0.1) is 17.8 Å². The molecule has 0 aliphatic carbocycles. The molecule has 1 aliphatic rings. The average molecular weight is 283 g/mol. The van der Waals surface area contributed by atoms with Crippen LogP contribution >= 0.6 is 0 Å². The number of hydrogen-bond acceptors (Lipinski definition) is 6. The van der Waals surface area contributed by atoms with Crippen molar-refractivity contribution in [2.24, 2.45) is 15.9 Å². The molecule has 1 amide bonds. The molecule has 0 saturated heterocycles. The average Bonchev–Trinajstić information content (AvgIpc) is 2.78. The molecular weight excluding hydrogens is 270 g/mol. The highest BCUT2D eigenvalue weighted by atomic mass is 16.2. The van der Waals surface area contributed by atoms with Gasteiger partial charge in [-0.05, 0) is 25.1 Å². The summed E-state index contributed by atoms with van der Waals surface area (Å²) in [7, 11) is 0. The van der Waals surface area contributed by atoms with Crippen molar-refractivity contribution in [2.75, 3.05) is 10.4 Å². The first-order chi connectivity index (χ1) is 10.0. The van der Waals surface area contributed by atoms with E-state index in [1.807, 2.05) is 0 Å². The van der Waals surface area contributed by atoms with E-state index in [1.165, 1.54) is 5.01 Å². The maximum atomic E-state index is 11.8. The van der Waals surface area contributed by atoms with Crippen LogP contribution in [0.2, 0.25) is 0 Å². The quantitative estimate of drug-likeness (QED) is 0.432. The van der Waals surface area contributed by atoms with E-state index < -0.39 is 5.84 Å². The van der Waals surface area contributed by atoms with Gasteiger partial charge in [0.25, 0.3) is 5.91 Å². The van der Waals surface area contributed by atoms with Gasteiger partial charge in [0.2, 0.25) is 5.71 Å². The first kappa shape index (κ1) is 14.2. The molecule has 8 heteroatoms. The largest absolute Gasteiger partial charge is 0.382 e. The Kier molecular flexibility index (Phi) is 3.95. The molecule has 0 bridgehead atoms. The number of hydrogen-bond donors (Lipinski definition) is 3. The van der Waals surface area contributed by atoms with E-state index in [0.717, 1.165) is 5.71 Å². The Balaban J connectivity index is 2.21. The Bertz CT molecular complexity index is 699. The van der Waals surface area contributed by atoms with Crippen LogP contribution in [0, 0.1) is 16.7 Å². The topological polar surface area (TPSA) is 131 Å². The molecule has 8 nitrogen and oxygen atoms in total. The number of benzene rings is 1. The van der Waals surface area contributed by atoms with Gasteiger partial charge in [-0.1, -0.05) is 6.07 Å². The van der Waals surface area contributed by atoms with Crippen LogP contribution in [0.25, 0.3) is 0 Å². The normalized spacial score (nSPS) is 14.7. The standard InChI is InChI=1S/C13H13N7O/c1-8-5-12(21)20(19-8)10-4-2-3-9(6-10)17-18-11(7-14)13(15)16/h2-4,6,17H,5H2,1H3,(H3,15,16)/b18-11+. The minimum atomic E-state index is -0.420. The van der Waals surface area contributed by atoms with Crippen molar-refractivity contribution in [3.05, 3.63) is 24.3 Å². The predicted molar refractivity (Wildman–Crippen MR) is 80.2 cm³/mol. The molecule has 0 aromatic heterocycles. The van der Waals surface area contributed by atoms with Crippen LogP contribution in [0.1, 0.15) is 13.3 Å². The molecule has 1 aromatic carbocycles. The third-order valence-corrected chi connectivity index (χ3v) is 2.66. The van der Waals surface area contributed by atoms with Gasteiger partial charge in [-0.15, -0.1) is 0 Å². The lowest BCUT2D eigenvalue weighted by Gasteiger charge is -2.12. The zero-order valence-corrected chi connectivity index (χ0v) is 11.3. The second-order valence-corrected chi connectivity index (χ2v) is 4.37. The minimum Gasteiger partial charge on any atom is -0.382 e. The number of nitrogens with one attached hydrogen (secondary N) is 2. The fourth-order valence-electron chi connectivity index (χ4n) is 1.73. The Hall–Kier alpha value is -3.21. The zero-order chi connectivity index (χ0) is 15.4. The summed E-state index contributed by atoms with van der Waals surface area (Å²) < 4.78 is 0. The third-order valence-electron chi connectivity index (χ3n) is 2.66. The van der Waals surface area contributed by atoms with E-state index in [1.54, 1.807) is 37.3 Å². The van der Waals surface area contributed by atoms with Crippen LogP contribution < -0.4 is 16.2 Å². The lowest BCUT2D eigenvalue weighted by molar-refractivity contribution is -0.116. The molecule has 1 heterocycles. The SMILES string of the molecule is CC1=NN(c2cccc(N/N=C(\C#N)C(=N)N)c2)C(=O)C1. The fraction of sp³-hybridized carbons (Fsp3) is 0.154. The number of nitrogens with zero attached hydrogens (tertiary/aromatic N) is 4. The molecule has 0 atom stereocenters. The minimum absolute atomic E-state index is 0.102. The first-order valence-corrected chi connectivity index (χ1v) is 6.06. The van der Waals surface area contributed by atoms with Crippen LogP contribution in [0.5, 0.6) is 0 Å². The van der Waals surface area contributed by atoms with Gasteiger partial charge < -0.3 is 5.73 Å². The number of carbonyl (C=O) groups excluding carboxylic acids is 1. The number of amidine groups is 1. The van der Waals surface area contributed by atoms with E-state index in [2.05, 4.69) is 15.6 Å². The van der Waals surface area contributed by atoms with Crippen molar-refractivity contribution in [3.8, 4) is 6.07 Å². The van der Waals surface area contributed by atoms with E-state index in [4.69, 9.17) is 16.4 Å². The van der Waals surface area contributed by atoms with Crippen LogP contribution in [0.3, 0.4) is 0 Å². The zero-order valence-electron chi connectivity index (χ0n) is 11.3. The van der Waals surface area contributed by atoms with E-state index in [9.17, 15) is 4.79 Å². The number of carbonyl (C=O) groups is 1. The summed E-state index contributed by atoms with van der Waals surface area (Å²) in [6.07, 6.45) is 0.304. The summed E-state index contributed by atoms with van der Waals surface area (Å²) in [6.45, 7) is 1.79. The molecule has 21 heavy (non-hydrogen) atoms. The van der Waals surface area contributed by atoms with Crippen LogP contribution in [-0.4, -0.2) is 23.2 Å². The van der Waals surface area contributed by atoms with Gasteiger partial charge in [-0.25, -0.2) is 5.01 Å². The van der Waals surface area contributed by atoms with Crippen molar-refractivity contribution >= 4 is 34.5 Å². The molecule has 2 rings (SSSR count). The van der Waals surface area contributed by atoms with Gasteiger partial charge in [0, 0.05) is 5.71 Å². The second-order valence-electron chi connectivity index (χ2n) is 4.37. The fourth-order valence-corrected chi connectivity index (χ4v) is 1.73. The molecule has 0 spiro atoms. The smallest absolute Gasteiger partial charge is 0.253 e. The number of amides is 1. The van der Waals surface area contributed by atoms with Gasteiger partial charge in [0.1, 0.15) is 6.07 Å². The molecule has 1 aliphatic heterocycles. The van der Waals surface area contributed by atoms with Crippen molar-refractivity contribution in [1.82, 2.24) is 0 Å². The second kappa shape index (κ2) is 5.83. The maximum absolute atomic E-state index is 11.8. The third kappa shape index (κ3) is 3.22. The van der Waals surface area contributed by atoms with Crippen molar-refractivity contribution in [3.63, 3.8) is 0 Å². The van der Waals surface area contributed by atoms with Gasteiger partial charge >= 0.3 is 0 Å². The molecule has 4 N–H and O–H groups in total. The summed E-state index contributed by atoms with van der Waals surface area (Å²) in [5.41, 5.74) is 9.50. The Labute approximate surface area is 121 Å². The van der Waals surface area contributed by atoms with E-state index in [-0.39, 0.29) is 11.6 Å². The van der Waals surface area contributed by atoms with Crippen molar-refractivity contribution in [2.45, 2.75) is 13.3 Å². The molecule has 0 unspecified atom stereocenters. The first-order valence-electron chi connectivity index (χ1n) is 6.06. The monoisotopic (exact) mass is 283 g/mol. The highest BCUT2D eigenvalue weighted by molar-refractivity contribution is 6.45. The van der Waals surface area contributed by atoms with Gasteiger partial charge in [0.15, 0.2) is 5.84 Å². The van der Waals surface area contributed by atoms with Crippen molar-refractivity contribution < 1.29 is 4.79 Å². The summed E-state index contributed by atoms with van der Waals surface area (Å²) in [4.78, 5) is 11.8. The van der Waals surface area contributed by atoms with E-state index >= 15 is 0 Å². The number of nitrogens with two attached hydrogens (primary N) is 1. The molecule has 0 radical (unpaired) electrons. The summed E-state index contributed by atoms with van der Waals surface area (Å²) >= 11 is 0. The highest BCUT2D eigenvalue weighted by Crippen LogP contribution is 2.23. The Morgan fingerprint density at radius 2 is 2.38 bits per heavy atom. The molecule has 1 aromatic rings. The number of anilines is 2. The summed E-state index contributed by atoms with van der Waals surface area (Å²) in [6, 6.07) is 8.55. The van der Waals surface area contributed by atoms with Gasteiger partial charge in [-0.2, -0.15) is 15.5 Å². The number of hydrazone groups is 2. The van der Waals surface area contributed by atoms with Crippen molar-refractivity contribution in [1.29, 1.82) is 10.7 Å². The summed E-state index contributed by atoms with van der Waals surface area (Å²) in [5, 5.41) is 25.1. The number of rotatable bonds is 4. The predicted octanol–water partition coefficient (Wildman–Crippen LogP) is 1.03.